The third-order valence-electron chi connectivity index (χ3n) is 4.47. The second kappa shape index (κ2) is 7.51. The van der Waals surface area contributed by atoms with E-state index in [4.69, 9.17) is 9.47 Å². The van der Waals surface area contributed by atoms with Gasteiger partial charge in [0.25, 0.3) is 5.95 Å². The molecule has 2 aromatic carbocycles. The monoisotopic (exact) mass is 376 g/mol. The van der Waals surface area contributed by atoms with Gasteiger partial charge in [-0.25, -0.2) is 5.43 Å². The van der Waals surface area contributed by atoms with Crippen LogP contribution in [0.25, 0.3) is 22.1 Å². The molecule has 2 heterocycles. The first kappa shape index (κ1) is 17.7. The molecule has 4 aromatic rings. The van der Waals surface area contributed by atoms with Crippen LogP contribution < -0.4 is 14.9 Å². The lowest BCUT2D eigenvalue weighted by Crippen LogP contribution is -1.99. The summed E-state index contributed by atoms with van der Waals surface area (Å²) in [7, 11) is 3.19. The molecule has 0 atom stereocenters. The third-order valence-corrected chi connectivity index (χ3v) is 4.47. The zero-order chi connectivity index (χ0) is 19.5. The van der Waals surface area contributed by atoms with Gasteiger partial charge in [0.05, 0.1) is 20.4 Å². The van der Waals surface area contributed by atoms with Crippen molar-refractivity contribution in [3.63, 3.8) is 0 Å². The maximum atomic E-state index is 5.29. The van der Waals surface area contributed by atoms with Crippen LogP contribution in [-0.4, -0.2) is 40.6 Å². The molecule has 8 nitrogen and oxygen atoms in total. The Kier molecular flexibility index (Phi) is 4.76. The minimum atomic E-state index is 0.312. The topological polar surface area (TPSA) is 97.3 Å². The predicted molar refractivity (Wildman–Crippen MR) is 109 cm³/mol. The van der Waals surface area contributed by atoms with Crippen LogP contribution in [-0.2, 0) is 6.42 Å². The number of rotatable bonds is 6. The van der Waals surface area contributed by atoms with Gasteiger partial charge in [-0.05, 0) is 47.9 Å². The molecule has 0 fully saturated rings. The normalized spacial score (nSPS) is 11.4. The summed E-state index contributed by atoms with van der Waals surface area (Å²) in [5, 5.41) is 13.6. The van der Waals surface area contributed by atoms with Crippen LogP contribution >= 0.6 is 0 Å². The van der Waals surface area contributed by atoms with Crippen molar-refractivity contribution < 1.29 is 9.47 Å². The van der Waals surface area contributed by atoms with E-state index in [1.165, 1.54) is 5.56 Å². The lowest BCUT2D eigenvalue weighted by Gasteiger charge is -2.07. The van der Waals surface area contributed by atoms with Gasteiger partial charge in [0.15, 0.2) is 17.1 Å². The third kappa shape index (κ3) is 3.32. The number of anilines is 1. The van der Waals surface area contributed by atoms with Gasteiger partial charge in [-0.15, -0.1) is 10.2 Å². The number of hydrazone groups is 1. The van der Waals surface area contributed by atoms with E-state index in [-0.39, 0.29) is 0 Å². The van der Waals surface area contributed by atoms with Gasteiger partial charge in [-0.2, -0.15) is 10.1 Å². The summed E-state index contributed by atoms with van der Waals surface area (Å²) < 4.78 is 10.5. The predicted octanol–water partition coefficient (Wildman–Crippen LogP) is 3.53. The summed E-state index contributed by atoms with van der Waals surface area (Å²) in [6.45, 7) is 2.12. The Morgan fingerprint density at radius 2 is 1.93 bits per heavy atom. The molecule has 28 heavy (non-hydrogen) atoms. The van der Waals surface area contributed by atoms with Gasteiger partial charge in [0.2, 0.25) is 0 Å². The number of nitrogens with zero attached hydrogens (tertiary/aromatic N) is 4. The van der Waals surface area contributed by atoms with E-state index in [9.17, 15) is 0 Å². The summed E-state index contributed by atoms with van der Waals surface area (Å²) in [6, 6.07) is 11.8. The molecule has 2 N–H and O–H groups in total. The number of H-pyrrole nitrogens is 1. The van der Waals surface area contributed by atoms with Crippen molar-refractivity contribution in [1.82, 2.24) is 20.2 Å². The Morgan fingerprint density at radius 3 is 2.71 bits per heavy atom. The average molecular weight is 376 g/mol. The smallest absolute Gasteiger partial charge is 0.265 e. The molecular weight excluding hydrogens is 356 g/mol. The summed E-state index contributed by atoms with van der Waals surface area (Å²) in [5.74, 6) is 1.61. The van der Waals surface area contributed by atoms with Crippen LogP contribution in [0.3, 0.4) is 0 Å². The molecular formula is C20H20N6O2. The first-order valence-corrected chi connectivity index (χ1v) is 8.88. The van der Waals surface area contributed by atoms with Crippen LogP contribution in [0.15, 0.2) is 41.5 Å². The maximum Gasteiger partial charge on any atom is 0.265 e. The molecule has 2 aromatic heterocycles. The number of hydrogen-bond donors (Lipinski definition) is 2. The van der Waals surface area contributed by atoms with Gasteiger partial charge >= 0.3 is 0 Å². The number of fused-ring (bicyclic) bond motifs is 3. The maximum absolute atomic E-state index is 5.29. The molecule has 0 saturated heterocycles. The minimum absolute atomic E-state index is 0.312. The summed E-state index contributed by atoms with van der Waals surface area (Å²) in [4.78, 5) is 7.73. The van der Waals surface area contributed by atoms with Gasteiger partial charge in [-0.3, -0.25) is 0 Å². The molecule has 0 saturated carbocycles. The van der Waals surface area contributed by atoms with Crippen molar-refractivity contribution in [2.24, 2.45) is 5.10 Å². The van der Waals surface area contributed by atoms with E-state index in [0.717, 1.165) is 28.4 Å². The number of methoxy groups -OCH3 is 2. The quantitative estimate of drug-likeness (QED) is 0.395. The summed E-state index contributed by atoms with van der Waals surface area (Å²) >= 11 is 0. The van der Waals surface area contributed by atoms with Gasteiger partial charge in [0, 0.05) is 10.9 Å². The first-order valence-electron chi connectivity index (χ1n) is 8.88. The highest BCUT2D eigenvalue weighted by Gasteiger charge is 2.09. The lowest BCUT2D eigenvalue weighted by molar-refractivity contribution is 0.355. The van der Waals surface area contributed by atoms with Crippen molar-refractivity contribution >= 4 is 34.2 Å². The molecule has 0 aliphatic heterocycles. The first-order chi connectivity index (χ1) is 13.7. The van der Waals surface area contributed by atoms with E-state index in [1.54, 1.807) is 20.4 Å². The number of aryl methyl sites for hydroxylation is 1. The fourth-order valence-electron chi connectivity index (χ4n) is 2.98. The van der Waals surface area contributed by atoms with Crippen LogP contribution in [0, 0.1) is 0 Å². The Labute approximate surface area is 161 Å². The van der Waals surface area contributed by atoms with Crippen LogP contribution in [0.2, 0.25) is 0 Å². The highest BCUT2D eigenvalue weighted by Crippen LogP contribution is 2.27. The van der Waals surface area contributed by atoms with Crippen molar-refractivity contribution in [2.45, 2.75) is 13.3 Å². The van der Waals surface area contributed by atoms with Crippen LogP contribution in [0.4, 0.5) is 5.95 Å². The molecule has 0 aliphatic rings. The number of ether oxygens (including phenoxy) is 2. The molecule has 0 spiro atoms. The van der Waals surface area contributed by atoms with E-state index < -0.39 is 0 Å². The minimum Gasteiger partial charge on any atom is -0.493 e. The molecule has 8 heteroatoms. The number of hydrogen-bond acceptors (Lipinski definition) is 7. The van der Waals surface area contributed by atoms with Crippen molar-refractivity contribution in [1.29, 1.82) is 0 Å². The van der Waals surface area contributed by atoms with Gasteiger partial charge < -0.3 is 14.5 Å². The summed E-state index contributed by atoms with van der Waals surface area (Å²) in [5.41, 5.74) is 7.31. The fraction of sp³-hybridized carbons (Fsp3) is 0.200. The Morgan fingerprint density at radius 1 is 1.07 bits per heavy atom. The molecule has 0 bridgehead atoms. The van der Waals surface area contributed by atoms with Crippen molar-refractivity contribution in [3.05, 3.63) is 47.5 Å². The van der Waals surface area contributed by atoms with Gasteiger partial charge in [0.1, 0.15) is 5.52 Å². The molecule has 142 valence electrons. The number of nitrogens with one attached hydrogen (secondary N) is 2. The Bertz CT molecular complexity index is 1170. The number of aromatic nitrogens is 4. The second-order valence-electron chi connectivity index (χ2n) is 6.18. The molecule has 0 amide bonds. The SMILES string of the molecule is CCc1ccc2[nH]c3nc(N/N=C/c4ccc(OC)c(OC)c4)nnc3c2c1. The zero-order valence-electron chi connectivity index (χ0n) is 15.9. The highest BCUT2D eigenvalue weighted by molar-refractivity contribution is 6.03. The number of aromatic amines is 1. The standard InChI is InChI=1S/C20H20N6O2/c1-4-12-5-7-15-14(9-12)18-19(22-15)23-20(26-24-18)25-21-11-13-6-8-16(27-2)17(10-13)28-3/h5-11H,4H2,1-3H3,(H2,22,23,25,26)/b21-11+. The van der Waals surface area contributed by atoms with E-state index in [2.05, 4.69) is 49.7 Å². The second-order valence-corrected chi connectivity index (χ2v) is 6.18. The van der Waals surface area contributed by atoms with Gasteiger partial charge in [-0.1, -0.05) is 13.0 Å². The highest BCUT2D eigenvalue weighted by atomic mass is 16.5. The molecule has 4 rings (SSSR count). The van der Waals surface area contributed by atoms with Crippen LogP contribution in [0.5, 0.6) is 11.5 Å². The number of benzene rings is 2. The molecule has 0 radical (unpaired) electrons. The van der Waals surface area contributed by atoms with E-state index >= 15 is 0 Å². The van der Waals surface area contributed by atoms with E-state index in [1.807, 2.05) is 24.3 Å². The fourth-order valence-corrected chi connectivity index (χ4v) is 2.98. The van der Waals surface area contributed by atoms with E-state index in [0.29, 0.717) is 23.1 Å². The lowest BCUT2D eigenvalue weighted by atomic mass is 10.1. The van der Waals surface area contributed by atoms with Crippen molar-refractivity contribution in [3.8, 4) is 11.5 Å². The largest absolute Gasteiger partial charge is 0.493 e. The summed E-state index contributed by atoms with van der Waals surface area (Å²) in [6.07, 6.45) is 2.61. The van der Waals surface area contributed by atoms with Crippen LogP contribution in [0.1, 0.15) is 18.1 Å². The zero-order valence-corrected chi connectivity index (χ0v) is 15.9. The molecule has 0 unspecified atom stereocenters. The Balaban J connectivity index is 1.56. The Hall–Kier alpha value is -3.68. The molecule has 0 aliphatic carbocycles. The van der Waals surface area contributed by atoms with Crippen molar-refractivity contribution in [2.75, 3.05) is 19.6 Å². The average Bonchev–Trinajstić information content (AvgIpc) is 3.10.